The Labute approximate surface area is 122 Å². The lowest BCUT2D eigenvalue weighted by atomic mass is 10.2. The third-order valence-corrected chi connectivity index (χ3v) is 4.26. The number of hydrogen-bond acceptors (Lipinski definition) is 5. The highest BCUT2D eigenvalue weighted by atomic mass is 32.2. The number of benzene rings is 1. The first-order valence-electron chi connectivity index (χ1n) is 6.10. The highest BCUT2D eigenvalue weighted by Gasteiger charge is 2.20. The number of nitrogens with one attached hydrogen (secondary N) is 1. The van der Waals surface area contributed by atoms with E-state index in [2.05, 4.69) is 14.7 Å². The maximum Gasteiger partial charge on any atom is 0.264 e. The van der Waals surface area contributed by atoms with Gasteiger partial charge in [0.25, 0.3) is 10.0 Å². The SMILES string of the molecule is Cc1cc(C)nc(NS(=O)(=O)c2cc(N)c(F)cc2C)n1. The van der Waals surface area contributed by atoms with Crippen molar-refractivity contribution in [1.82, 2.24) is 9.97 Å². The number of sulfonamides is 1. The highest BCUT2D eigenvalue weighted by molar-refractivity contribution is 7.92. The van der Waals surface area contributed by atoms with E-state index in [1.165, 1.54) is 6.92 Å². The van der Waals surface area contributed by atoms with Gasteiger partial charge < -0.3 is 5.73 Å². The molecule has 0 aliphatic carbocycles. The normalized spacial score (nSPS) is 11.4. The molecule has 21 heavy (non-hydrogen) atoms. The molecule has 1 aromatic heterocycles. The van der Waals surface area contributed by atoms with Crippen LogP contribution in [0.25, 0.3) is 0 Å². The molecule has 0 saturated heterocycles. The molecule has 0 atom stereocenters. The topological polar surface area (TPSA) is 98.0 Å². The molecule has 0 radical (unpaired) electrons. The number of hydrogen-bond donors (Lipinski definition) is 2. The summed E-state index contributed by atoms with van der Waals surface area (Å²) in [6.45, 7) is 4.95. The second-order valence-corrected chi connectivity index (χ2v) is 6.37. The summed E-state index contributed by atoms with van der Waals surface area (Å²) in [6, 6.07) is 3.88. The fourth-order valence-electron chi connectivity index (χ4n) is 1.90. The number of nitrogens with two attached hydrogens (primary N) is 1. The lowest BCUT2D eigenvalue weighted by Gasteiger charge is -2.11. The number of halogens is 1. The van der Waals surface area contributed by atoms with Crippen LogP contribution in [-0.4, -0.2) is 18.4 Å². The second kappa shape index (κ2) is 5.28. The smallest absolute Gasteiger partial charge is 0.264 e. The van der Waals surface area contributed by atoms with Crippen LogP contribution >= 0.6 is 0 Å². The average molecular weight is 310 g/mol. The van der Waals surface area contributed by atoms with Gasteiger partial charge in [0.05, 0.1) is 10.6 Å². The quantitative estimate of drug-likeness (QED) is 0.844. The van der Waals surface area contributed by atoms with Crippen LogP contribution in [0.5, 0.6) is 0 Å². The third-order valence-electron chi connectivity index (χ3n) is 2.79. The zero-order valence-corrected chi connectivity index (χ0v) is 12.6. The van der Waals surface area contributed by atoms with Crippen molar-refractivity contribution in [2.75, 3.05) is 10.5 Å². The number of aromatic nitrogens is 2. The third kappa shape index (κ3) is 3.27. The maximum atomic E-state index is 13.3. The second-order valence-electron chi connectivity index (χ2n) is 4.72. The van der Waals surface area contributed by atoms with E-state index < -0.39 is 15.8 Å². The van der Waals surface area contributed by atoms with Crippen LogP contribution in [0.2, 0.25) is 0 Å². The summed E-state index contributed by atoms with van der Waals surface area (Å²) in [5.41, 5.74) is 6.71. The maximum absolute atomic E-state index is 13.3. The van der Waals surface area contributed by atoms with Crippen LogP contribution in [0, 0.1) is 26.6 Å². The Morgan fingerprint density at radius 3 is 2.24 bits per heavy atom. The van der Waals surface area contributed by atoms with E-state index in [0.29, 0.717) is 11.4 Å². The average Bonchev–Trinajstić information content (AvgIpc) is 2.31. The van der Waals surface area contributed by atoms with Gasteiger partial charge in [-0.3, -0.25) is 0 Å². The molecule has 1 aromatic carbocycles. The van der Waals surface area contributed by atoms with Crippen LogP contribution in [-0.2, 0) is 10.0 Å². The van der Waals surface area contributed by atoms with E-state index >= 15 is 0 Å². The minimum Gasteiger partial charge on any atom is -0.396 e. The number of aryl methyl sites for hydroxylation is 3. The van der Waals surface area contributed by atoms with Crippen molar-refractivity contribution in [3.8, 4) is 0 Å². The monoisotopic (exact) mass is 310 g/mol. The molecule has 0 aliphatic rings. The first kappa shape index (κ1) is 15.2. The van der Waals surface area contributed by atoms with Crippen LogP contribution in [0.3, 0.4) is 0 Å². The Bertz CT molecular complexity index is 786. The number of anilines is 2. The summed E-state index contributed by atoms with van der Waals surface area (Å²) >= 11 is 0. The molecule has 1 heterocycles. The molecule has 0 fully saturated rings. The van der Waals surface area contributed by atoms with E-state index in [1.807, 2.05) is 0 Å². The van der Waals surface area contributed by atoms with E-state index in [0.717, 1.165) is 12.1 Å². The fourth-order valence-corrected chi connectivity index (χ4v) is 3.11. The van der Waals surface area contributed by atoms with Gasteiger partial charge in [-0.1, -0.05) is 0 Å². The number of rotatable bonds is 3. The van der Waals surface area contributed by atoms with Crippen molar-refractivity contribution in [2.45, 2.75) is 25.7 Å². The number of nitrogen functional groups attached to an aromatic ring is 1. The summed E-state index contributed by atoms with van der Waals surface area (Å²) in [6.07, 6.45) is 0. The molecule has 0 saturated carbocycles. The standard InChI is InChI=1S/C13H15FN4O2S/c1-7-4-10(14)11(15)6-12(7)21(19,20)18-13-16-8(2)5-9(3)17-13/h4-6H,15H2,1-3H3,(H,16,17,18). The van der Waals surface area contributed by atoms with Gasteiger partial charge in [0.1, 0.15) is 5.82 Å². The van der Waals surface area contributed by atoms with E-state index in [1.54, 1.807) is 19.9 Å². The molecular weight excluding hydrogens is 295 g/mol. The summed E-state index contributed by atoms with van der Waals surface area (Å²) in [5.74, 6) is -0.691. The lowest BCUT2D eigenvalue weighted by molar-refractivity contribution is 0.598. The number of nitrogens with zero attached hydrogens (tertiary/aromatic N) is 2. The van der Waals surface area contributed by atoms with E-state index in [9.17, 15) is 12.8 Å². The largest absolute Gasteiger partial charge is 0.396 e. The molecule has 3 N–H and O–H groups in total. The molecule has 2 aromatic rings. The molecule has 0 unspecified atom stereocenters. The van der Waals surface area contributed by atoms with Crippen LogP contribution in [0.1, 0.15) is 17.0 Å². The van der Waals surface area contributed by atoms with Crippen LogP contribution in [0.4, 0.5) is 16.0 Å². The lowest BCUT2D eigenvalue weighted by Crippen LogP contribution is -2.17. The minimum absolute atomic E-state index is 0.0326. The van der Waals surface area contributed by atoms with Gasteiger partial charge in [-0.25, -0.2) is 27.5 Å². The Hall–Kier alpha value is -2.22. The van der Waals surface area contributed by atoms with Crippen molar-refractivity contribution >= 4 is 21.7 Å². The predicted octanol–water partition coefficient (Wildman–Crippen LogP) is 1.92. The van der Waals surface area contributed by atoms with Gasteiger partial charge in [-0.05, 0) is 44.5 Å². The van der Waals surface area contributed by atoms with Gasteiger partial charge >= 0.3 is 0 Å². The van der Waals surface area contributed by atoms with Crippen molar-refractivity contribution in [2.24, 2.45) is 0 Å². The van der Waals surface area contributed by atoms with Gasteiger partial charge in [0.15, 0.2) is 0 Å². The predicted molar refractivity (Wildman–Crippen MR) is 77.9 cm³/mol. The molecule has 2 rings (SSSR count). The summed E-state index contributed by atoms with van der Waals surface area (Å²) in [4.78, 5) is 7.91. The minimum atomic E-state index is -3.94. The Kier molecular flexibility index (Phi) is 3.82. The van der Waals surface area contributed by atoms with Crippen molar-refractivity contribution in [3.05, 3.63) is 41.0 Å². The zero-order chi connectivity index (χ0) is 15.8. The molecule has 0 bridgehead atoms. The van der Waals surface area contributed by atoms with Crippen LogP contribution < -0.4 is 10.5 Å². The Morgan fingerprint density at radius 2 is 1.67 bits per heavy atom. The van der Waals surface area contributed by atoms with Crippen molar-refractivity contribution in [1.29, 1.82) is 0 Å². The molecule has 0 aliphatic heterocycles. The molecule has 0 spiro atoms. The van der Waals surface area contributed by atoms with Crippen molar-refractivity contribution < 1.29 is 12.8 Å². The first-order valence-corrected chi connectivity index (χ1v) is 7.58. The molecule has 0 amide bonds. The Morgan fingerprint density at radius 1 is 1.10 bits per heavy atom. The first-order chi connectivity index (χ1) is 9.69. The highest BCUT2D eigenvalue weighted by Crippen LogP contribution is 2.23. The zero-order valence-electron chi connectivity index (χ0n) is 11.8. The fraction of sp³-hybridized carbons (Fsp3) is 0.231. The van der Waals surface area contributed by atoms with Gasteiger partial charge in [-0.2, -0.15) is 0 Å². The van der Waals surface area contributed by atoms with Gasteiger partial charge in [0.2, 0.25) is 5.95 Å². The Balaban J connectivity index is 2.45. The van der Waals surface area contributed by atoms with Crippen LogP contribution in [0.15, 0.2) is 23.1 Å². The molecular formula is C13H15FN4O2S. The summed E-state index contributed by atoms with van der Waals surface area (Å²) in [5, 5.41) is 0. The van der Waals surface area contributed by atoms with E-state index in [-0.39, 0.29) is 22.1 Å². The summed E-state index contributed by atoms with van der Waals surface area (Å²) in [7, 11) is -3.94. The molecule has 6 nitrogen and oxygen atoms in total. The molecule has 112 valence electrons. The van der Waals surface area contributed by atoms with Gasteiger partial charge in [-0.15, -0.1) is 0 Å². The van der Waals surface area contributed by atoms with E-state index in [4.69, 9.17) is 5.73 Å². The summed E-state index contributed by atoms with van der Waals surface area (Å²) < 4.78 is 40.3. The molecule has 8 heteroatoms. The van der Waals surface area contributed by atoms with Gasteiger partial charge in [0, 0.05) is 11.4 Å². The van der Waals surface area contributed by atoms with Crippen molar-refractivity contribution in [3.63, 3.8) is 0 Å².